The number of rotatable bonds is 5. The summed E-state index contributed by atoms with van der Waals surface area (Å²) in [6, 6.07) is 8.72. The number of carbonyl (C=O) groups is 1. The summed E-state index contributed by atoms with van der Waals surface area (Å²) in [6.07, 6.45) is -0.636. The van der Waals surface area contributed by atoms with E-state index in [-0.39, 0.29) is 35.1 Å². The fourth-order valence-electron chi connectivity index (χ4n) is 4.43. The number of hydrogen-bond donors (Lipinski definition) is 1. The van der Waals surface area contributed by atoms with E-state index in [0.717, 1.165) is 50.5 Å². The van der Waals surface area contributed by atoms with E-state index in [1.165, 1.54) is 11.6 Å². The standard InChI is InChI=1S/C23H24F3N5O/c1-14-21-16(23(24,25)26)12-18(15-8-9-15)28-22(21)31(29-14)13-20(32)27-17-6-2-3-7-19(17)30-10-4-5-11-30/h2-3,6-7,12,15H,4-5,8-11,13H2,1H3,(H,27,32). The third-order valence-electron chi connectivity index (χ3n) is 6.12. The minimum Gasteiger partial charge on any atom is -0.370 e. The Labute approximate surface area is 183 Å². The molecule has 0 radical (unpaired) electrons. The first kappa shape index (κ1) is 20.8. The number of amides is 1. The first-order valence-corrected chi connectivity index (χ1v) is 10.9. The second-order valence-corrected chi connectivity index (χ2v) is 8.57. The number of para-hydroxylation sites is 2. The van der Waals surface area contributed by atoms with E-state index in [9.17, 15) is 18.0 Å². The van der Waals surface area contributed by atoms with Gasteiger partial charge in [0.2, 0.25) is 5.91 Å². The van der Waals surface area contributed by atoms with Crippen LogP contribution in [-0.4, -0.2) is 33.8 Å². The number of aryl methyl sites for hydroxylation is 1. The van der Waals surface area contributed by atoms with Gasteiger partial charge in [0.1, 0.15) is 6.54 Å². The number of anilines is 2. The molecule has 1 aromatic carbocycles. The average Bonchev–Trinajstić information content (AvgIpc) is 3.37. The van der Waals surface area contributed by atoms with E-state index in [1.807, 2.05) is 24.3 Å². The smallest absolute Gasteiger partial charge is 0.370 e. The zero-order valence-electron chi connectivity index (χ0n) is 17.7. The molecular weight excluding hydrogens is 419 g/mol. The van der Waals surface area contributed by atoms with Gasteiger partial charge in [0.15, 0.2) is 5.65 Å². The molecule has 5 rings (SSSR count). The first-order valence-electron chi connectivity index (χ1n) is 10.9. The van der Waals surface area contributed by atoms with Gasteiger partial charge in [-0.3, -0.25) is 4.79 Å². The Hall–Kier alpha value is -3.10. The van der Waals surface area contributed by atoms with Crippen LogP contribution < -0.4 is 10.2 Å². The Morgan fingerprint density at radius 3 is 2.59 bits per heavy atom. The van der Waals surface area contributed by atoms with Gasteiger partial charge < -0.3 is 10.2 Å². The molecule has 0 unspecified atom stereocenters. The number of nitrogens with one attached hydrogen (secondary N) is 1. The molecule has 1 N–H and O–H groups in total. The molecular formula is C23H24F3N5O. The Bertz CT molecular complexity index is 1180. The van der Waals surface area contributed by atoms with E-state index in [1.54, 1.807) is 0 Å². The molecule has 1 saturated carbocycles. The molecule has 1 saturated heterocycles. The molecule has 3 aromatic rings. The van der Waals surface area contributed by atoms with Crippen LogP contribution >= 0.6 is 0 Å². The first-order chi connectivity index (χ1) is 15.3. The number of carbonyl (C=O) groups excluding carboxylic acids is 1. The number of alkyl halides is 3. The summed E-state index contributed by atoms with van der Waals surface area (Å²) in [5, 5.41) is 7.13. The van der Waals surface area contributed by atoms with Crippen molar-refractivity contribution in [2.45, 2.75) is 51.2 Å². The lowest BCUT2D eigenvalue weighted by Gasteiger charge is -2.21. The molecule has 0 atom stereocenters. The number of fused-ring (bicyclic) bond motifs is 1. The van der Waals surface area contributed by atoms with E-state index >= 15 is 0 Å². The van der Waals surface area contributed by atoms with Crippen LogP contribution in [0.4, 0.5) is 24.5 Å². The SMILES string of the molecule is Cc1nn(CC(=O)Nc2ccccc2N2CCCC2)c2nc(C3CC3)cc(C(F)(F)F)c12. The normalized spacial score (nSPS) is 16.7. The summed E-state index contributed by atoms with van der Waals surface area (Å²) in [5.74, 6) is -0.307. The summed E-state index contributed by atoms with van der Waals surface area (Å²) in [4.78, 5) is 19.6. The van der Waals surface area contributed by atoms with Crippen LogP contribution in [0.15, 0.2) is 30.3 Å². The van der Waals surface area contributed by atoms with Gasteiger partial charge in [-0.2, -0.15) is 18.3 Å². The molecule has 1 amide bonds. The molecule has 1 aliphatic carbocycles. The van der Waals surface area contributed by atoms with Crippen LogP contribution in [0, 0.1) is 6.92 Å². The number of benzene rings is 1. The predicted octanol–water partition coefficient (Wildman–Crippen LogP) is 4.87. The summed E-state index contributed by atoms with van der Waals surface area (Å²) in [5.41, 5.74) is 1.66. The van der Waals surface area contributed by atoms with E-state index in [4.69, 9.17) is 0 Å². The second kappa shape index (κ2) is 7.79. The van der Waals surface area contributed by atoms with Crippen molar-refractivity contribution in [2.24, 2.45) is 0 Å². The van der Waals surface area contributed by atoms with Crippen LogP contribution in [-0.2, 0) is 17.5 Å². The topological polar surface area (TPSA) is 63.1 Å². The van der Waals surface area contributed by atoms with Gasteiger partial charge in [-0.1, -0.05) is 12.1 Å². The molecule has 6 nitrogen and oxygen atoms in total. The quantitative estimate of drug-likeness (QED) is 0.611. The van der Waals surface area contributed by atoms with Crippen molar-refractivity contribution in [1.82, 2.24) is 14.8 Å². The molecule has 2 fully saturated rings. The molecule has 0 bridgehead atoms. The summed E-state index contributed by atoms with van der Waals surface area (Å²) in [6.45, 7) is 3.18. The molecule has 1 aliphatic heterocycles. The average molecular weight is 443 g/mol. The fraction of sp³-hybridized carbons (Fsp3) is 0.435. The van der Waals surface area contributed by atoms with Crippen molar-refractivity contribution < 1.29 is 18.0 Å². The summed E-state index contributed by atoms with van der Waals surface area (Å²) in [7, 11) is 0. The van der Waals surface area contributed by atoms with Crippen molar-refractivity contribution in [1.29, 1.82) is 0 Å². The molecule has 32 heavy (non-hydrogen) atoms. The van der Waals surface area contributed by atoms with Crippen molar-refractivity contribution in [2.75, 3.05) is 23.3 Å². The maximum Gasteiger partial charge on any atom is 0.417 e. The lowest BCUT2D eigenvalue weighted by Crippen LogP contribution is -2.23. The van der Waals surface area contributed by atoms with Gasteiger partial charge in [-0.25, -0.2) is 9.67 Å². The third kappa shape index (κ3) is 3.91. The number of pyridine rings is 1. The highest BCUT2D eigenvalue weighted by atomic mass is 19.4. The molecule has 9 heteroatoms. The Morgan fingerprint density at radius 1 is 1.19 bits per heavy atom. The van der Waals surface area contributed by atoms with Crippen molar-refractivity contribution in [3.05, 3.63) is 47.3 Å². The second-order valence-electron chi connectivity index (χ2n) is 8.57. The molecule has 0 spiro atoms. The molecule has 2 aliphatic rings. The Morgan fingerprint density at radius 2 is 1.91 bits per heavy atom. The maximum atomic E-state index is 13.8. The zero-order chi connectivity index (χ0) is 22.5. The lowest BCUT2D eigenvalue weighted by molar-refractivity contribution is -0.136. The number of halogens is 3. The zero-order valence-corrected chi connectivity index (χ0v) is 17.7. The van der Waals surface area contributed by atoms with E-state index in [0.29, 0.717) is 11.4 Å². The number of hydrogen-bond acceptors (Lipinski definition) is 4. The summed E-state index contributed by atoms with van der Waals surface area (Å²) < 4.78 is 42.6. The van der Waals surface area contributed by atoms with Crippen LogP contribution in [0.25, 0.3) is 11.0 Å². The monoisotopic (exact) mass is 443 g/mol. The Kier molecular flexibility index (Phi) is 5.06. The molecule has 3 heterocycles. The van der Waals surface area contributed by atoms with E-state index in [2.05, 4.69) is 20.3 Å². The van der Waals surface area contributed by atoms with Crippen molar-refractivity contribution in [3.63, 3.8) is 0 Å². The van der Waals surface area contributed by atoms with Crippen molar-refractivity contribution >= 4 is 28.3 Å². The highest BCUT2D eigenvalue weighted by Crippen LogP contribution is 2.43. The lowest BCUT2D eigenvalue weighted by atomic mass is 10.1. The van der Waals surface area contributed by atoms with Crippen LogP contribution in [0.1, 0.15) is 48.6 Å². The summed E-state index contributed by atoms with van der Waals surface area (Å²) >= 11 is 0. The number of aromatic nitrogens is 3. The van der Waals surface area contributed by atoms with Crippen LogP contribution in [0.2, 0.25) is 0 Å². The maximum absolute atomic E-state index is 13.8. The minimum absolute atomic E-state index is 0.0350. The van der Waals surface area contributed by atoms with E-state index < -0.39 is 11.7 Å². The predicted molar refractivity (Wildman–Crippen MR) is 116 cm³/mol. The van der Waals surface area contributed by atoms with Gasteiger partial charge in [0.05, 0.1) is 28.0 Å². The minimum atomic E-state index is -4.51. The molecule has 2 aromatic heterocycles. The molecule has 168 valence electrons. The fourth-order valence-corrected chi connectivity index (χ4v) is 4.43. The van der Waals surface area contributed by atoms with Crippen LogP contribution in [0.5, 0.6) is 0 Å². The highest BCUT2D eigenvalue weighted by Gasteiger charge is 2.37. The van der Waals surface area contributed by atoms with Gasteiger partial charge in [0.25, 0.3) is 0 Å². The highest BCUT2D eigenvalue weighted by molar-refractivity contribution is 5.95. The third-order valence-corrected chi connectivity index (χ3v) is 6.12. The van der Waals surface area contributed by atoms with Gasteiger partial charge in [-0.05, 0) is 50.8 Å². The van der Waals surface area contributed by atoms with Crippen LogP contribution in [0.3, 0.4) is 0 Å². The van der Waals surface area contributed by atoms with Gasteiger partial charge >= 0.3 is 6.18 Å². The van der Waals surface area contributed by atoms with Crippen molar-refractivity contribution in [3.8, 4) is 0 Å². The largest absolute Gasteiger partial charge is 0.417 e. The Balaban J connectivity index is 1.46. The number of nitrogens with zero attached hydrogens (tertiary/aromatic N) is 4. The van der Waals surface area contributed by atoms with Gasteiger partial charge in [-0.15, -0.1) is 0 Å². The van der Waals surface area contributed by atoms with Gasteiger partial charge in [0, 0.05) is 24.7 Å².